The molecule has 0 aliphatic heterocycles. The first-order valence-corrected chi connectivity index (χ1v) is 14.0. The number of sulfonamides is 1. The van der Waals surface area contributed by atoms with E-state index < -0.39 is 20.9 Å². The lowest BCUT2D eigenvalue weighted by Crippen LogP contribution is -2.41. The number of nitrogens with one attached hydrogen (secondary N) is 1. The highest BCUT2D eigenvalue weighted by Crippen LogP contribution is 2.39. The summed E-state index contributed by atoms with van der Waals surface area (Å²) in [7, 11) is -1.47. The Kier molecular flexibility index (Phi) is 7.48. The maximum Gasteiger partial charge on any atom is 0.243 e. The maximum absolute atomic E-state index is 15.8. The Morgan fingerprint density at radius 2 is 1.78 bits per heavy atom. The van der Waals surface area contributed by atoms with E-state index in [9.17, 15) is 8.42 Å². The topological polar surface area (TPSA) is 134 Å². The lowest BCUT2D eigenvalue weighted by Gasteiger charge is -2.26. The van der Waals surface area contributed by atoms with E-state index in [1.807, 2.05) is 12.3 Å². The zero-order valence-electron chi connectivity index (χ0n) is 20.4. The number of halogens is 2. The Balaban J connectivity index is 1.84. The minimum Gasteiger partial charge on any atom is -0.494 e. The van der Waals surface area contributed by atoms with Crippen LogP contribution in [0.4, 0.5) is 10.3 Å². The van der Waals surface area contributed by atoms with Crippen molar-refractivity contribution in [1.29, 1.82) is 0 Å². The maximum atomic E-state index is 15.8. The number of anilines is 1. The first-order chi connectivity index (χ1) is 17.5. The van der Waals surface area contributed by atoms with Crippen molar-refractivity contribution in [1.82, 2.24) is 29.7 Å². The van der Waals surface area contributed by atoms with Crippen molar-refractivity contribution in [3.8, 4) is 28.0 Å². The van der Waals surface area contributed by atoms with Crippen LogP contribution in [0, 0.1) is 6.92 Å². The van der Waals surface area contributed by atoms with Crippen LogP contribution in [0.2, 0.25) is 0 Å². The van der Waals surface area contributed by atoms with Crippen molar-refractivity contribution in [2.75, 3.05) is 18.9 Å². The minimum atomic E-state index is -4.40. The molecule has 3 aromatic heterocycles. The van der Waals surface area contributed by atoms with E-state index >= 15 is 4.39 Å². The molecule has 0 amide bonds. The number of aromatic nitrogens is 6. The Bertz CT molecular complexity index is 1500. The van der Waals surface area contributed by atoms with Crippen molar-refractivity contribution in [3.63, 3.8) is 0 Å². The average molecular weight is 613 g/mol. The van der Waals surface area contributed by atoms with Crippen molar-refractivity contribution < 1.29 is 22.3 Å². The number of hydrogen-bond acceptors (Lipinski definition) is 10. The molecule has 1 N–H and O–H groups in total. The van der Waals surface area contributed by atoms with Gasteiger partial charge in [0, 0.05) is 23.5 Å². The summed E-state index contributed by atoms with van der Waals surface area (Å²) in [4.78, 5) is 12.4. The van der Waals surface area contributed by atoms with Crippen molar-refractivity contribution >= 4 is 43.2 Å². The Hall–Kier alpha value is -3.17. The lowest BCUT2D eigenvalue weighted by atomic mass is 10.0. The molecule has 0 saturated heterocycles. The third-order valence-corrected chi connectivity index (χ3v) is 8.82. The standard InChI is InChI=1S/C22H23BrFN7O4S2/c1-12-11-36-19(27-12)18-28-29-21(31(18)17-15(34-4)7-6-8-16(17)35-5)30-37(32,33)13(2)22(3,24)20-25-9-14(23)10-26-20/h6-11,13H,1-5H3,(H,29,30)/t13-,22?/m0/s1. The van der Waals surface area contributed by atoms with Crippen LogP contribution in [0.1, 0.15) is 25.4 Å². The van der Waals surface area contributed by atoms with Gasteiger partial charge >= 0.3 is 0 Å². The van der Waals surface area contributed by atoms with Crippen LogP contribution in [-0.2, 0) is 15.7 Å². The van der Waals surface area contributed by atoms with E-state index in [4.69, 9.17) is 9.47 Å². The summed E-state index contributed by atoms with van der Waals surface area (Å²) in [5.74, 6) is 0.484. The number of benzene rings is 1. The van der Waals surface area contributed by atoms with Crippen LogP contribution in [0.3, 0.4) is 0 Å². The van der Waals surface area contributed by atoms with Gasteiger partial charge in [-0.1, -0.05) is 6.07 Å². The molecular weight excluding hydrogens is 589 g/mol. The quantitative estimate of drug-likeness (QED) is 0.294. The first kappa shape index (κ1) is 26.9. The normalized spacial score (nSPS) is 14.1. The molecule has 4 rings (SSSR count). The van der Waals surface area contributed by atoms with Gasteiger partial charge in [0.1, 0.15) is 22.4 Å². The smallest absolute Gasteiger partial charge is 0.243 e. The van der Waals surface area contributed by atoms with Gasteiger partial charge in [-0.25, -0.2) is 27.8 Å². The van der Waals surface area contributed by atoms with Gasteiger partial charge in [0.05, 0.1) is 18.7 Å². The molecule has 0 saturated carbocycles. The van der Waals surface area contributed by atoms with Crippen molar-refractivity contribution in [2.45, 2.75) is 31.7 Å². The number of rotatable bonds is 9. The number of aryl methyl sites for hydroxylation is 1. The Labute approximate surface area is 225 Å². The molecule has 3 heterocycles. The van der Waals surface area contributed by atoms with Gasteiger partial charge in [0.25, 0.3) is 0 Å². The summed E-state index contributed by atoms with van der Waals surface area (Å²) in [5, 5.41) is 8.97. The van der Waals surface area contributed by atoms with Gasteiger partial charge in [-0.3, -0.25) is 9.29 Å². The number of thiazole rings is 1. The SMILES string of the molecule is COc1cccc(OC)c1-n1c(NS(=O)(=O)[C@@H](C)C(C)(F)c2ncc(Br)cn2)nnc1-c1nc(C)cs1. The second-order valence-electron chi connectivity index (χ2n) is 8.08. The van der Waals surface area contributed by atoms with Gasteiger partial charge in [-0.2, -0.15) is 0 Å². The Morgan fingerprint density at radius 3 is 2.32 bits per heavy atom. The molecule has 1 aromatic carbocycles. The number of alkyl halides is 1. The third kappa shape index (κ3) is 5.15. The fourth-order valence-electron chi connectivity index (χ4n) is 3.46. The molecule has 0 aliphatic carbocycles. The molecule has 196 valence electrons. The number of para-hydroxylation sites is 1. The predicted octanol–water partition coefficient (Wildman–Crippen LogP) is 4.28. The second kappa shape index (κ2) is 10.3. The van der Waals surface area contributed by atoms with Crippen molar-refractivity contribution in [2.24, 2.45) is 0 Å². The fraction of sp³-hybridized carbons (Fsp3) is 0.318. The molecule has 0 radical (unpaired) electrons. The van der Waals surface area contributed by atoms with E-state index in [0.717, 1.165) is 12.6 Å². The van der Waals surface area contributed by atoms with Gasteiger partial charge in [-0.15, -0.1) is 21.5 Å². The molecular formula is C22H23BrFN7O4S2. The zero-order valence-corrected chi connectivity index (χ0v) is 23.6. The molecule has 1 unspecified atom stereocenters. The highest BCUT2D eigenvalue weighted by molar-refractivity contribution is 9.10. The molecule has 2 atom stereocenters. The average Bonchev–Trinajstić information content (AvgIpc) is 3.48. The fourth-order valence-corrected chi connectivity index (χ4v) is 5.69. The van der Waals surface area contributed by atoms with Crippen LogP contribution < -0.4 is 14.2 Å². The van der Waals surface area contributed by atoms with E-state index in [1.165, 1.54) is 49.4 Å². The summed E-state index contributed by atoms with van der Waals surface area (Å²) < 4.78 is 58.2. The highest BCUT2D eigenvalue weighted by Gasteiger charge is 2.45. The summed E-state index contributed by atoms with van der Waals surface area (Å²) in [6.07, 6.45) is 2.69. The number of nitrogens with zero attached hydrogens (tertiary/aromatic N) is 6. The largest absolute Gasteiger partial charge is 0.494 e. The molecule has 0 fully saturated rings. The molecule has 0 bridgehead atoms. The molecule has 0 aliphatic rings. The third-order valence-electron chi connectivity index (χ3n) is 5.62. The number of methoxy groups -OCH3 is 2. The monoisotopic (exact) mass is 611 g/mol. The molecule has 15 heteroatoms. The number of ether oxygens (including phenoxy) is 2. The highest BCUT2D eigenvalue weighted by atomic mass is 79.9. The minimum absolute atomic E-state index is 0.204. The number of hydrogen-bond donors (Lipinski definition) is 1. The van der Waals surface area contributed by atoms with Crippen LogP contribution >= 0.6 is 27.3 Å². The zero-order chi connectivity index (χ0) is 27.0. The first-order valence-electron chi connectivity index (χ1n) is 10.8. The van der Waals surface area contributed by atoms with Gasteiger partial charge in [0.2, 0.25) is 16.0 Å². The molecule has 4 aromatic rings. The Morgan fingerprint density at radius 1 is 1.16 bits per heavy atom. The summed E-state index contributed by atoms with van der Waals surface area (Å²) in [5.41, 5.74) is -1.35. The summed E-state index contributed by atoms with van der Waals surface area (Å²) in [6, 6.07) is 5.08. The molecule has 11 nitrogen and oxygen atoms in total. The predicted molar refractivity (Wildman–Crippen MR) is 141 cm³/mol. The van der Waals surface area contributed by atoms with Gasteiger partial charge < -0.3 is 9.47 Å². The van der Waals surface area contributed by atoms with Crippen LogP contribution in [0.5, 0.6) is 11.5 Å². The summed E-state index contributed by atoms with van der Waals surface area (Å²) in [6.45, 7) is 4.16. The van der Waals surface area contributed by atoms with Gasteiger partial charge in [0.15, 0.2) is 22.3 Å². The van der Waals surface area contributed by atoms with E-state index in [1.54, 1.807) is 18.2 Å². The van der Waals surface area contributed by atoms with E-state index in [-0.39, 0.29) is 17.6 Å². The van der Waals surface area contributed by atoms with Crippen LogP contribution in [0.15, 0.2) is 40.4 Å². The van der Waals surface area contributed by atoms with Gasteiger partial charge in [-0.05, 0) is 48.8 Å². The van der Waals surface area contributed by atoms with Crippen molar-refractivity contribution in [3.05, 3.63) is 52.0 Å². The van der Waals surface area contributed by atoms with Crippen LogP contribution in [-0.4, -0.2) is 57.6 Å². The van der Waals surface area contributed by atoms with Crippen LogP contribution in [0.25, 0.3) is 16.5 Å². The van der Waals surface area contributed by atoms with E-state index in [2.05, 4.69) is 45.8 Å². The lowest BCUT2D eigenvalue weighted by molar-refractivity contribution is 0.175. The molecule has 37 heavy (non-hydrogen) atoms. The van der Waals surface area contributed by atoms with E-state index in [0.29, 0.717) is 26.7 Å². The summed E-state index contributed by atoms with van der Waals surface area (Å²) >= 11 is 4.49. The molecule has 0 spiro atoms. The second-order valence-corrected chi connectivity index (χ2v) is 11.9.